The molecule has 2 unspecified atom stereocenters. The number of hydrogen-bond acceptors (Lipinski definition) is 3. The molecule has 0 amide bonds. The zero-order valence-electron chi connectivity index (χ0n) is 9.57. The van der Waals surface area contributed by atoms with E-state index >= 15 is 0 Å². The Balaban J connectivity index is 2.37. The Morgan fingerprint density at radius 2 is 2.13 bits per heavy atom. The predicted octanol–water partition coefficient (Wildman–Crippen LogP) is 0.984. The van der Waals surface area contributed by atoms with Gasteiger partial charge in [-0.25, -0.2) is 0 Å². The van der Waals surface area contributed by atoms with Crippen molar-refractivity contribution in [3.05, 3.63) is 12.7 Å². The number of nitrogens with two attached hydrogens (primary N) is 1. The second-order valence-electron chi connectivity index (χ2n) is 4.48. The van der Waals surface area contributed by atoms with Crippen LogP contribution in [0.25, 0.3) is 0 Å². The van der Waals surface area contributed by atoms with E-state index in [0.717, 1.165) is 26.1 Å². The van der Waals surface area contributed by atoms with Crippen molar-refractivity contribution in [3.8, 4) is 0 Å². The zero-order valence-corrected chi connectivity index (χ0v) is 9.57. The first kappa shape index (κ1) is 12.7. The summed E-state index contributed by atoms with van der Waals surface area (Å²) in [7, 11) is 0. The van der Waals surface area contributed by atoms with Crippen LogP contribution in [0.3, 0.4) is 0 Å². The Hall–Kier alpha value is -0.380. The summed E-state index contributed by atoms with van der Waals surface area (Å²) < 4.78 is 0. The van der Waals surface area contributed by atoms with Crippen LogP contribution in [0, 0.1) is 5.92 Å². The number of rotatable bonds is 6. The van der Waals surface area contributed by atoms with Gasteiger partial charge >= 0.3 is 0 Å². The lowest BCUT2D eigenvalue weighted by Crippen LogP contribution is -2.42. The summed E-state index contributed by atoms with van der Waals surface area (Å²) in [5, 5.41) is 8.95. The van der Waals surface area contributed by atoms with Crippen molar-refractivity contribution in [2.45, 2.75) is 31.7 Å². The van der Waals surface area contributed by atoms with Crippen LogP contribution in [0.2, 0.25) is 0 Å². The molecule has 0 aromatic heterocycles. The summed E-state index contributed by atoms with van der Waals surface area (Å²) in [6.07, 6.45) is 6.87. The second kappa shape index (κ2) is 6.99. The lowest BCUT2D eigenvalue weighted by atomic mass is 9.85. The zero-order chi connectivity index (χ0) is 11.1. The van der Waals surface area contributed by atoms with E-state index in [9.17, 15) is 0 Å². The Labute approximate surface area is 93.0 Å². The Morgan fingerprint density at radius 1 is 1.40 bits per heavy atom. The normalized spacial score (nSPS) is 26.9. The molecule has 3 N–H and O–H groups in total. The monoisotopic (exact) mass is 212 g/mol. The molecule has 1 aliphatic carbocycles. The molecule has 2 atom stereocenters. The van der Waals surface area contributed by atoms with E-state index in [4.69, 9.17) is 10.8 Å². The van der Waals surface area contributed by atoms with Crippen LogP contribution in [-0.2, 0) is 0 Å². The van der Waals surface area contributed by atoms with Gasteiger partial charge in [-0.1, -0.05) is 18.9 Å². The fourth-order valence-electron chi connectivity index (χ4n) is 2.38. The molecule has 1 rings (SSSR count). The van der Waals surface area contributed by atoms with E-state index in [1.807, 2.05) is 6.08 Å². The molecule has 0 aliphatic heterocycles. The van der Waals surface area contributed by atoms with Gasteiger partial charge in [0, 0.05) is 25.7 Å². The van der Waals surface area contributed by atoms with Crippen LogP contribution in [-0.4, -0.2) is 42.3 Å². The average Bonchev–Trinajstić information content (AvgIpc) is 2.22. The van der Waals surface area contributed by atoms with Gasteiger partial charge in [0.25, 0.3) is 0 Å². The smallest absolute Gasteiger partial charge is 0.0558 e. The van der Waals surface area contributed by atoms with Gasteiger partial charge in [0.15, 0.2) is 0 Å². The summed E-state index contributed by atoms with van der Waals surface area (Å²) in [6, 6.07) is 0.352. The van der Waals surface area contributed by atoms with Crippen LogP contribution in [0.4, 0.5) is 0 Å². The van der Waals surface area contributed by atoms with Gasteiger partial charge in [-0.05, 0) is 18.8 Å². The molecule has 0 heterocycles. The second-order valence-corrected chi connectivity index (χ2v) is 4.48. The fourth-order valence-corrected chi connectivity index (χ4v) is 2.38. The molecule has 1 aliphatic rings. The predicted molar refractivity (Wildman–Crippen MR) is 63.7 cm³/mol. The first-order valence-electron chi connectivity index (χ1n) is 5.97. The van der Waals surface area contributed by atoms with Crippen molar-refractivity contribution < 1.29 is 5.11 Å². The van der Waals surface area contributed by atoms with Crippen LogP contribution in [0.1, 0.15) is 25.7 Å². The van der Waals surface area contributed by atoms with E-state index < -0.39 is 0 Å². The highest BCUT2D eigenvalue weighted by atomic mass is 16.3. The fraction of sp³-hybridized carbons (Fsp3) is 0.833. The molecule has 0 radical (unpaired) electrons. The topological polar surface area (TPSA) is 49.5 Å². The van der Waals surface area contributed by atoms with Gasteiger partial charge in [0.1, 0.15) is 0 Å². The Bertz CT molecular complexity index is 184. The SMILES string of the molecule is C=CCN(CCO)CC1CCCCC1N. The van der Waals surface area contributed by atoms with E-state index in [0.29, 0.717) is 12.0 Å². The highest BCUT2D eigenvalue weighted by molar-refractivity contribution is 4.82. The Kier molecular flexibility index (Phi) is 5.91. The lowest BCUT2D eigenvalue weighted by molar-refractivity contribution is 0.162. The molecular formula is C12H24N2O. The van der Waals surface area contributed by atoms with Gasteiger partial charge in [-0.15, -0.1) is 6.58 Å². The van der Waals surface area contributed by atoms with Crippen molar-refractivity contribution in [2.75, 3.05) is 26.2 Å². The van der Waals surface area contributed by atoms with E-state index in [-0.39, 0.29) is 6.61 Å². The summed E-state index contributed by atoms with van der Waals surface area (Å²) >= 11 is 0. The minimum Gasteiger partial charge on any atom is -0.395 e. The third-order valence-corrected chi connectivity index (χ3v) is 3.26. The van der Waals surface area contributed by atoms with Crippen LogP contribution < -0.4 is 5.73 Å². The first-order valence-corrected chi connectivity index (χ1v) is 5.97. The molecular weight excluding hydrogens is 188 g/mol. The van der Waals surface area contributed by atoms with Gasteiger partial charge in [0.2, 0.25) is 0 Å². The molecule has 0 bridgehead atoms. The number of aliphatic hydroxyl groups is 1. The van der Waals surface area contributed by atoms with Crippen LogP contribution in [0.15, 0.2) is 12.7 Å². The van der Waals surface area contributed by atoms with Crippen molar-refractivity contribution in [3.63, 3.8) is 0 Å². The largest absolute Gasteiger partial charge is 0.395 e. The maximum Gasteiger partial charge on any atom is 0.0558 e. The summed E-state index contributed by atoms with van der Waals surface area (Å²) in [5.41, 5.74) is 6.10. The molecule has 15 heavy (non-hydrogen) atoms. The van der Waals surface area contributed by atoms with Gasteiger partial charge in [0.05, 0.1) is 6.61 Å². The highest BCUT2D eigenvalue weighted by Gasteiger charge is 2.23. The van der Waals surface area contributed by atoms with Gasteiger partial charge in [-0.3, -0.25) is 4.90 Å². The molecule has 0 aromatic carbocycles. The molecule has 0 aromatic rings. The van der Waals surface area contributed by atoms with Crippen molar-refractivity contribution in [2.24, 2.45) is 11.7 Å². The molecule has 3 heteroatoms. The molecule has 3 nitrogen and oxygen atoms in total. The maximum atomic E-state index is 8.95. The molecule has 1 saturated carbocycles. The van der Waals surface area contributed by atoms with Crippen molar-refractivity contribution >= 4 is 0 Å². The third-order valence-electron chi connectivity index (χ3n) is 3.26. The summed E-state index contributed by atoms with van der Waals surface area (Å²) in [4.78, 5) is 2.24. The minimum absolute atomic E-state index is 0.218. The molecule has 0 spiro atoms. The van der Waals surface area contributed by atoms with E-state index in [1.165, 1.54) is 19.3 Å². The molecule has 1 fully saturated rings. The summed E-state index contributed by atoms with van der Waals surface area (Å²) in [5.74, 6) is 0.602. The number of aliphatic hydroxyl groups excluding tert-OH is 1. The standard InChI is InChI=1S/C12H24N2O/c1-2-7-14(8-9-15)10-11-5-3-4-6-12(11)13/h2,11-12,15H,1,3-10,13H2. The molecule has 0 saturated heterocycles. The van der Waals surface area contributed by atoms with E-state index in [1.54, 1.807) is 0 Å². The first-order chi connectivity index (χ1) is 7.27. The van der Waals surface area contributed by atoms with Crippen molar-refractivity contribution in [1.29, 1.82) is 0 Å². The van der Waals surface area contributed by atoms with Crippen LogP contribution in [0.5, 0.6) is 0 Å². The lowest BCUT2D eigenvalue weighted by Gasteiger charge is -2.33. The quantitative estimate of drug-likeness (QED) is 0.645. The van der Waals surface area contributed by atoms with Gasteiger partial charge < -0.3 is 10.8 Å². The number of nitrogens with zero attached hydrogens (tertiary/aromatic N) is 1. The molecule has 88 valence electrons. The average molecular weight is 212 g/mol. The maximum absolute atomic E-state index is 8.95. The van der Waals surface area contributed by atoms with Crippen molar-refractivity contribution in [1.82, 2.24) is 4.90 Å². The van der Waals surface area contributed by atoms with Gasteiger partial charge in [-0.2, -0.15) is 0 Å². The Morgan fingerprint density at radius 3 is 2.73 bits per heavy atom. The third kappa shape index (κ3) is 4.33. The number of hydrogen-bond donors (Lipinski definition) is 2. The minimum atomic E-state index is 0.218. The van der Waals surface area contributed by atoms with E-state index in [2.05, 4.69) is 11.5 Å². The summed E-state index contributed by atoms with van der Waals surface area (Å²) in [6.45, 7) is 6.55. The highest BCUT2D eigenvalue weighted by Crippen LogP contribution is 2.23. The van der Waals surface area contributed by atoms with Crippen LogP contribution >= 0.6 is 0 Å².